The van der Waals surface area contributed by atoms with Gasteiger partial charge in [0.1, 0.15) is 19.1 Å². The normalized spacial score (nSPS) is 20.1. The van der Waals surface area contributed by atoms with Gasteiger partial charge in [0.25, 0.3) is 0 Å². The molecule has 0 aromatic rings. The Kier molecular flexibility index (Phi) is 2.36. The predicted molar refractivity (Wildman–Crippen MR) is 54.8 cm³/mol. The second-order valence-corrected chi connectivity index (χ2v) is 3.81. The third kappa shape index (κ3) is 1.68. The van der Waals surface area contributed by atoms with Crippen LogP contribution in [0, 0.1) is 0 Å². The van der Waals surface area contributed by atoms with Gasteiger partial charge in [0.15, 0.2) is 5.82 Å². The third-order valence-corrected chi connectivity index (χ3v) is 2.42. The van der Waals surface area contributed by atoms with Gasteiger partial charge in [-0.2, -0.15) is 0 Å². The van der Waals surface area contributed by atoms with E-state index in [0.717, 1.165) is 0 Å². The predicted octanol–water partition coefficient (Wildman–Crippen LogP) is -0.117. The zero-order chi connectivity index (χ0) is 11.0. The molecular formula is C9H14N4O2. The van der Waals surface area contributed by atoms with Crippen molar-refractivity contribution in [3.8, 4) is 0 Å². The van der Waals surface area contributed by atoms with Crippen molar-refractivity contribution in [1.82, 2.24) is 15.1 Å². The minimum Gasteiger partial charge on any atom is -0.388 e. The summed E-state index contributed by atoms with van der Waals surface area (Å²) in [6.07, 6.45) is 1.83. The topological polar surface area (TPSA) is 68.2 Å². The van der Waals surface area contributed by atoms with Gasteiger partial charge in [-0.25, -0.2) is 9.79 Å². The lowest BCUT2D eigenvalue weighted by Crippen LogP contribution is -2.47. The number of urea groups is 1. The minimum absolute atomic E-state index is 0.233. The highest BCUT2D eigenvalue weighted by atomic mass is 16.3. The van der Waals surface area contributed by atoms with Crippen molar-refractivity contribution < 1.29 is 9.90 Å². The first kappa shape index (κ1) is 9.97. The van der Waals surface area contributed by atoms with Crippen molar-refractivity contribution in [2.75, 3.05) is 13.3 Å². The fourth-order valence-corrected chi connectivity index (χ4v) is 1.50. The molecule has 0 saturated heterocycles. The van der Waals surface area contributed by atoms with Gasteiger partial charge >= 0.3 is 6.03 Å². The van der Waals surface area contributed by atoms with E-state index in [1.807, 2.05) is 24.9 Å². The number of carbonyl (C=O) groups is 1. The van der Waals surface area contributed by atoms with E-state index in [1.54, 1.807) is 4.90 Å². The lowest BCUT2D eigenvalue weighted by Gasteiger charge is -2.25. The Morgan fingerprint density at radius 3 is 3.00 bits per heavy atom. The largest absolute Gasteiger partial charge is 0.388 e. The summed E-state index contributed by atoms with van der Waals surface area (Å²) in [6, 6.07) is 0.0899. The van der Waals surface area contributed by atoms with Crippen LogP contribution in [0.2, 0.25) is 0 Å². The molecule has 0 aromatic heterocycles. The standard InChI is InChI=1S/C9H14N4O2/c1-6(2)12-3-8-10-7(4-14)11-9(15)13(8)5-12/h3,6,14H,4-5H2,1-2H3,(H,10,11,15). The van der Waals surface area contributed by atoms with E-state index in [4.69, 9.17) is 5.11 Å². The van der Waals surface area contributed by atoms with E-state index in [2.05, 4.69) is 10.3 Å². The Morgan fingerprint density at radius 2 is 2.40 bits per heavy atom. The molecular weight excluding hydrogens is 196 g/mol. The van der Waals surface area contributed by atoms with Crippen LogP contribution in [0.4, 0.5) is 4.79 Å². The van der Waals surface area contributed by atoms with Crippen molar-refractivity contribution in [1.29, 1.82) is 0 Å². The molecule has 2 aliphatic heterocycles. The maximum absolute atomic E-state index is 11.6. The van der Waals surface area contributed by atoms with Gasteiger partial charge in [0, 0.05) is 12.2 Å². The lowest BCUT2D eigenvalue weighted by atomic mass is 10.4. The highest BCUT2D eigenvalue weighted by Gasteiger charge is 2.31. The maximum atomic E-state index is 11.6. The van der Waals surface area contributed by atoms with E-state index in [-0.39, 0.29) is 12.6 Å². The Labute approximate surface area is 87.9 Å². The van der Waals surface area contributed by atoms with Gasteiger partial charge < -0.3 is 10.0 Å². The van der Waals surface area contributed by atoms with E-state index < -0.39 is 0 Å². The molecule has 0 aromatic carbocycles. The second kappa shape index (κ2) is 3.54. The monoisotopic (exact) mass is 210 g/mol. The first-order chi connectivity index (χ1) is 7.11. The van der Waals surface area contributed by atoms with E-state index in [1.165, 1.54) is 0 Å². The summed E-state index contributed by atoms with van der Waals surface area (Å²) in [7, 11) is 0. The Morgan fingerprint density at radius 1 is 1.67 bits per heavy atom. The number of aliphatic imine (C=N–C) groups is 1. The van der Waals surface area contributed by atoms with Crippen LogP contribution in [0.1, 0.15) is 13.8 Å². The summed E-state index contributed by atoms with van der Waals surface area (Å²) in [5.74, 6) is 0.893. The molecule has 2 heterocycles. The average molecular weight is 210 g/mol. The number of hydrogen-bond donors (Lipinski definition) is 2. The van der Waals surface area contributed by atoms with Crippen molar-refractivity contribution in [3.05, 3.63) is 12.0 Å². The number of aliphatic hydroxyl groups excluding tert-OH is 1. The highest BCUT2D eigenvalue weighted by Crippen LogP contribution is 2.21. The molecule has 0 unspecified atom stereocenters. The molecule has 2 aliphatic rings. The number of hydrogen-bond acceptors (Lipinski definition) is 4. The number of nitrogens with one attached hydrogen (secondary N) is 1. The fourth-order valence-electron chi connectivity index (χ4n) is 1.50. The van der Waals surface area contributed by atoms with Gasteiger partial charge in [-0.15, -0.1) is 0 Å². The van der Waals surface area contributed by atoms with Crippen LogP contribution in [0.5, 0.6) is 0 Å². The molecule has 2 N–H and O–H groups in total. The van der Waals surface area contributed by atoms with Crippen LogP contribution in [-0.4, -0.2) is 46.1 Å². The number of carbonyl (C=O) groups excluding carboxylic acids is 1. The van der Waals surface area contributed by atoms with E-state index in [9.17, 15) is 4.79 Å². The summed E-state index contributed by atoms with van der Waals surface area (Å²) >= 11 is 0. The number of amides is 2. The van der Waals surface area contributed by atoms with Crippen LogP contribution in [-0.2, 0) is 0 Å². The lowest BCUT2D eigenvalue weighted by molar-refractivity contribution is 0.192. The molecule has 0 fully saturated rings. The van der Waals surface area contributed by atoms with Gasteiger partial charge in [-0.1, -0.05) is 0 Å². The third-order valence-electron chi connectivity index (χ3n) is 2.42. The summed E-state index contributed by atoms with van der Waals surface area (Å²) in [5.41, 5.74) is 0. The zero-order valence-corrected chi connectivity index (χ0v) is 8.77. The van der Waals surface area contributed by atoms with Crippen LogP contribution in [0.3, 0.4) is 0 Å². The number of fused-ring (bicyclic) bond motifs is 1. The summed E-state index contributed by atoms with van der Waals surface area (Å²) in [5, 5.41) is 11.4. The maximum Gasteiger partial charge on any atom is 0.330 e. The molecule has 0 saturated carbocycles. The Bertz CT molecular complexity index is 348. The molecule has 0 radical (unpaired) electrons. The number of rotatable bonds is 2. The summed E-state index contributed by atoms with van der Waals surface area (Å²) in [6.45, 7) is 4.35. The smallest absolute Gasteiger partial charge is 0.330 e. The minimum atomic E-state index is -0.251. The van der Waals surface area contributed by atoms with Crippen molar-refractivity contribution in [3.63, 3.8) is 0 Å². The van der Waals surface area contributed by atoms with E-state index >= 15 is 0 Å². The van der Waals surface area contributed by atoms with Crippen LogP contribution in [0.15, 0.2) is 17.0 Å². The van der Waals surface area contributed by atoms with Gasteiger partial charge in [0.2, 0.25) is 0 Å². The Hall–Kier alpha value is -1.56. The quantitative estimate of drug-likeness (QED) is 0.667. The van der Waals surface area contributed by atoms with Gasteiger partial charge in [-0.05, 0) is 13.8 Å². The Balaban J connectivity index is 2.25. The van der Waals surface area contributed by atoms with Crippen molar-refractivity contribution in [2.45, 2.75) is 19.9 Å². The van der Waals surface area contributed by atoms with Crippen molar-refractivity contribution in [2.24, 2.45) is 4.99 Å². The highest BCUT2D eigenvalue weighted by molar-refractivity contribution is 6.01. The number of nitrogens with zero attached hydrogens (tertiary/aromatic N) is 3. The second-order valence-electron chi connectivity index (χ2n) is 3.81. The molecule has 0 bridgehead atoms. The zero-order valence-electron chi connectivity index (χ0n) is 8.77. The molecule has 2 amide bonds. The van der Waals surface area contributed by atoms with Crippen LogP contribution < -0.4 is 5.32 Å². The molecule has 6 nitrogen and oxygen atoms in total. The van der Waals surface area contributed by atoms with Gasteiger partial charge in [0.05, 0.1) is 0 Å². The number of aliphatic hydroxyl groups is 1. The summed E-state index contributed by atoms with van der Waals surface area (Å²) < 4.78 is 0. The first-order valence-corrected chi connectivity index (χ1v) is 4.86. The molecule has 82 valence electrons. The fraction of sp³-hybridized carbons (Fsp3) is 0.556. The summed E-state index contributed by atoms with van der Waals surface area (Å²) in [4.78, 5) is 19.2. The van der Waals surface area contributed by atoms with Crippen LogP contribution in [0.25, 0.3) is 0 Å². The van der Waals surface area contributed by atoms with Crippen molar-refractivity contribution >= 4 is 11.9 Å². The first-order valence-electron chi connectivity index (χ1n) is 4.86. The molecule has 0 atom stereocenters. The van der Waals surface area contributed by atoms with E-state index in [0.29, 0.717) is 24.4 Å². The molecule has 0 spiro atoms. The SMILES string of the molecule is CC(C)N1C=C2N=C(CO)NC(=O)N2C1. The average Bonchev–Trinajstić information content (AvgIpc) is 2.61. The molecule has 15 heavy (non-hydrogen) atoms. The van der Waals surface area contributed by atoms with Crippen LogP contribution >= 0.6 is 0 Å². The number of amidine groups is 1. The van der Waals surface area contributed by atoms with Gasteiger partial charge in [-0.3, -0.25) is 10.2 Å². The molecule has 0 aliphatic carbocycles. The molecule has 6 heteroatoms. The molecule has 2 rings (SSSR count).